The molecule has 0 aliphatic heterocycles. The van der Waals surface area contributed by atoms with E-state index in [1.54, 1.807) is 18.3 Å². The van der Waals surface area contributed by atoms with E-state index >= 15 is 0 Å². The quantitative estimate of drug-likeness (QED) is 0.865. The molecule has 0 aliphatic carbocycles. The molecule has 0 spiro atoms. The topological polar surface area (TPSA) is 50.2 Å². The number of fused-ring (bicyclic) bond motifs is 1. The zero-order valence-electron chi connectivity index (χ0n) is 9.76. The lowest BCUT2D eigenvalue weighted by molar-refractivity contribution is -0.136. The highest BCUT2D eigenvalue weighted by Gasteiger charge is 2.17. The van der Waals surface area contributed by atoms with E-state index in [1.807, 2.05) is 19.1 Å². The van der Waals surface area contributed by atoms with E-state index in [1.165, 1.54) is 11.8 Å². The number of aromatic nitrogens is 1. The summed E-state index contributed by atoms with van der Waals surface area (Å²) in [7, 11) is 0. The lowest BCUT2D eigenvalue weighted by Crippen LogP contribution is -2.14. The van der Waals surface area contributed by atoms with Crippen molar-refractivity contribution in [3.63, 3.8) is 0 Å². The standard InChI is InChI=1S/C13H12ClNO2S/c1-2-11(13(16)17)18-12-5-6-15-10-7-8(14)3-4-9(10)12/h3-7,11H,2H2,1H3,(H,16,17)/t11-/m0/s1. The summed E-state index contributed by atoms with van der Waals surface area (Å²) in [4.78, 5) is 16.2. The summed E-state index contributed by atoms with van der Waals surface area (Å²) in [5, 5.41) is 10.2. The number of hydrogen-bond donors (Lipinski definition) is 1. The van der Waals surface area contributed by atoms with Crippen LogP contribution in [0.15, 0.2) is 35.4 Å². The molecule has 0 fully saturated rings. The average Bonchev–Trinajstić information content (AvgIpc) is 2.35. The SMILES string of the molecule is CC[C@H](Sc1ccnc2cc(Cl)ccc12)C(=O)O. The molecule has 18 heavy (non-hydrogen) atoms. The van der Waals surface area contributed by atoms with Gasteiger partial charge in [-0.3, -0.25) is 9.78 Å². The predicted molar refractivity (Wildman–Crippen MR) is 74.3 cm³/mol. The minimum Gasteiger partial charge on any atom is -0.480 e. The number of thioether (sulfide) groups is 1. The van der Waals surface area contributed by atoms with Gasteiger partial charge in [0.05, 0.1) is 5.52 Å². The Kier molecular flexibility index (Phi) is 4.09. The molecule has 0 saturated carbocycles. The molecular formula is C13H12ClNO2S. The normalized spacial score (nSPS) is 12.6. The van der Waals surface area contributed by atoms with Gasteiger partial charge in [-0.1, -0.05) is 24.6 Å². The molecule has 1 atom stereocenters. The number of halogens is 1. The van der Waals surface area contributed by atoms with Crippen LogP contribution < -0.4 is 0 Å². The third-order valence-corrected chi connectivity index (χ3v) is 4.24. The minimum absolute atomic E-state index is 0.439. The first-order valence-electron chi connectivity index (χ1n) is 5.55. The molecule has 0 bridgehead atoms. The van der Waals surface area contributed by atoms with E-state index in [9.17, 15) is 4.79 Å². The molecule has 1 aromatic heterocycles. The number of rotatable bonds is 4. The van der Waals surface area contributed by atoms with Gasteiger partial charge in [0.25, 0.3) is 0 Å². The predicted octanol–water partition coefficient (Wildman–Crippen LogP) is 3.84. The first-order chi connectivity index (χ1) is 8.61. The lowest BCUT2D eigenvalue weighted by Gasteiger charge is -2.11. The van der Waals surface area contributed by atoms with Crippen LogP contribution in [-0.4, -0.2) is 21.3 Å². The highest BCUT2D eigenvalue weighted by Crippen LogP contribution is 2.32. The summed E-state index contributed by atoms with van der Waals surface area (Å²) >= 11 is 7.26. The van der Waals surface area contributed by atoms with E-state index < -0.39 is 11.2 Å². The maximum absolute atomic E-state index is 11.1. The van der Waals surface area contributed by atoms with Crippen molar-refractivity contribution in [1.82, 2.24) is 4.98 Å². The fourth-order valence-corrected chi connectivity index (χ4v) is 2.84. The number of carbonyl (C=O) groups is 1. The molecule has 0 radical (unpaired) electrons. The Balaban J connectivity index is 2.42. The van der Waals surface area contributed by atoms with Crippen molar-refractivity contribution in [3.05, 3.63) is 35.5 Å². The van der Waals surface area contributed by atoms with E-state index in [-0.39, 0.29) is 0 Å². The van der Waals surface area contributed by atoms with Crippen molar-refractivity contribution < 1.29 is 9.90 Å². The molecule has 2 aromatic rings. The number of hydrogen-bond acceptors (Lipinski definition) is 3. The van der Waals surface area contributed by atoms with Crippen LogP contribution in [0.2, 0.25) is 5.02 Å². The van der Waals surface area contributed by atoms with Crippen LogP contribution in [0.25, 0.3) is 10.9 Å². The van der Waals surface area contributed by atoms with Crippen LogP contribution in [0.3, 0.4) is 0 Å². The zero-order valence-corrected chi connectivity index (χ0v) is 11.3. The molecule has 1 aromatic carbocycles. The smallest absolute Gasteiger partial charge is 0.316 e. The van der Waals surface area contributed by atoms with Crippen LogP contribution in [0.4, 0.5) is 0 Å². The van der Waals surface area contributed by atoms with Gasteiger partial charge in [-0.25, -0.2) is 0 Å². The molecule has 3 nitrogen and oxygen atoms in total. The Morgan fingerprint density at radius 1 is 1.50 bits per heavy atom. The summed E-state index contributed by atoms with van der Waals surface area (Å²) in [6, 6.07) is 7.29. The van der Waals surface area contributed by atoms with Crippen molar-refractivity contribution in [2.45, 2.75) is 23.5 Å². The fourth-order valence-electron chi connectivity index (χ4n) is 1.66. The van der Waals surface area contributed by atoms with Gasteiger partial charge < -0.3 is 5.11 Å². The zero-order chi connectivity index (χ0) is 13.1. The summed E-state index contributed by atoms with van der Waals surface area (Å²) in [5.74, 6) is -0.790. The molecule has 2 rings (SSSR count). The summed E-state index contributed by atoms with van der Waals surface area (Å²) in [6.07, 6.45) is 2.26. The van der Waals surface area contributed by atoms with Crippen LogP contribution in [-0.2, 0) is 4.79 Å². The van der Waals surface area contributed by atoms with E-state index in [0.29, 0.717) is 11.4 Å². The van der Waals surface area contributed by atoms with Crippen molar-refractivity contribution >= 4 is 40.2 Å². The van der Waals surface area contributed by atoms with Crippen molar-refractivity contribution in [1.29, 1.82) is 0 Å². The van der Waals surface area contributed by atoms with Gasteiger partial charge in [-0.15, -0.1) is 11.8 Å². The molecular weight excluding hydrogens is 270 g/mol. The molecule has 0 amide bonds. The molecule has 5 heteroatoms. The van der Waals surface area contributed by atoms with Crippen LogP contribution in [0.5, 0.6) is 0 Å². The third-order valence-electron chi connectivity index (χ3n) is 2.58. The van der Waals surface area contributed by atoms with Crippen LogP contribution in [0.1, 0.15) is 13.3 Å². The number of nitrogens with zero attached hydrogens (tertiary/aromatic N) is 1. The second-order valence-electron chi connectivity index (χ2n) is 3.82. The van der Waals surface area contributed by atoms with Crippen molar-refractivity contribution in [3.8, 4) is 0 Å². The monoisotopic (exact) mass is 281 g/mol. The minimum atomic E-state index is -0.790. The van der Waals surface area contributed by atoms with E-state index in [0.717, 1.165) is 15.8 Å². The van der Waals surface area contributed by atoms with Crippen LogP contribution in [0, 0.1) is 0 Å². The molecule has 94 valence electrons. The van der Waals surface area contributed by atoms with E-state index in [4.69, 9.17) is 16.7 Å². The van der Waals surface area contributed by atoms with Crippen LogP contribution >= 0.6 is 23.4 Å². The number of pyridine rings is 1. The molecule has 1 N–H and O–H groups in total. The summed E-state index contributed by atoms with van der Waals surface area (Å²) in [5.41, 5.74) is 0.785. The maximum atomic E-state index is 11.1. The Bertz CT molecular complexity index is 588. The number of carboxylic acid groups (broad SMARTS) is 1. The highest BCUT2D eigenvalue weighted by atomic mass is 35.5. The van der Waals surface area contributed by atoms with Gasteiger partial charge in [-0.2, -0.15) is 0 Å². The lowest BCUT2D eigenvalue weighted by atomic mass is 10.2. The van der Waals surface area contributed by atoms with Crippen molar-refractivity contribution in [2.75, 3.05) is 0 Å². The summed E-state index contributed by atoms with van der Waals surface area (Å²) in [6.45, 7) is 1.87. The molecule has 0 aliphatic rings. The fraction of sp³-hybridized carbons (Fsp3) is 0.231. The van der Waals surface area contributed by atoms with E-state index in [2.05, 4.69) is 4.98 Å². The first-order valence-corrected chi connectivity index (χ1v) is 6.81. The Morgan fingerprint density at radius 3 is 2.94 bits per heavy atom. The second kappa shape index (κ2) is 5.59. The number of benzene rings is 1. The third kappa shape index (κ3) is 2.76. The maximum Gasteiger partial charge on any atom is 0.316 e. The van der Waals surface area contributed by atoms with Gasteiger partial charge in [0.15, 0.2) is 0 Å². The average molecular weight is 282 g/mol. The number of carboxylic acids is 1. The second-order valence-corrected chi connectivity index (χ2v) is 5.50. The van der Waals surface area contributed by atoms with Gasteiger partial charge in [0.1, 0.15) is 5.25 Å². The highest BCUT2D eigenvalue weighted by molar-refractivity contribution is 8.00. The van der Waals surface area contributed by atoms with Gasteiger partial charge in [0, 0.05) is 21.5 Å². The molecule has 0 unspecified atom stereocenters. The summed E-state index contributed by atoms with van der Waals surface area (Å²) < 4.78 is 0. The van der Waals surface area contributed by atoms with Gasteiger partial charge in [-0.05, 0) is 24.6 Å². The van der Waals surface area contributed by atoms with Gasteiger partial charge in [0.2, 0.25) is 0 Å². The Hall–Kier alpha value is -1.26. The number of aliphatic carboxylic acids is 1. The molecule has 0 saturated heterocycles. The first kappa shape index (κ1) is 13.2. The van der Waals surface area contributed by atoms with Crippen molar-refractivity contribution in [2.24, 2.45) is 0 Å². The van der Waals surface area contributed by atoms with Gasteiger partial charge >= 0.3 is 5.97 Å². The molecule has 1 heterocycles. The largest absolute Gasteiger partial charge is 0.480 e. The Labute approximate surface area is 114 Å². The Morgan fingerprint density at radius 2 is 2.28 bits per heavy atom.